The predicted molar refractivity (Wildman–Crippen MR) is 99.2 cm³/mol. The summed E-state index contributed by atoms with van der Waals surface area (Å²) in [6.07, 6.45) is 1.57. The molecule has 3 rings (SSSR count). The lowest BCUT2D eigenvalue weighted by Gasteiger charge is -2.29. The number of carbonyl (C=O) groups is 1. The summed E-state index contributed by atoms with van der Waals surface area (Å²) in [6.45, 7) is 2.80. The van der Waals surface area contributed by atoms with Crippen molar-refractivity contribution in [3.05, 3.63) is 65.2 Å². The minimum absolute atomic E-state index is 0.167. The highest BCUT2D eigenvalue weighted by Gasteiger charge is 2.27. The Morgan fingerprint density at radius 2 is 1.88 bits per heavy atom. The first-order valence-electron chi connectivity index (χ1n) is 8.40. The lowest BCUT2D eigenvalue weighted by molar-refractivity contribution is 0.0951. The molecule has 5 nitrogen and oxygen atoms in total. The number of amides is 1. The summed E-state index contributed by atoms with van der Waals surface area (Å²) in [6, 6.07) is 14.9. The van der Waals surface area contributed by atoms with Gasteiger partial charge in [0.1, 0.15) is 0 Å². The van der Waals surface area contributed by atoms with Crippen molar-refractivity contribution in [2.75, 3.05) is 16.6 Å². The summed E-state index contributed by atoms with van der Waals surface area (Å²) in [5.74, 6) is 0.0196. The van der Waals surface area contributed by atoms with Gasteiger partial charge in [0, 0.05) is 18.7 Å². The molecular weight excluding hydrogens is 336 g/mol. The molecule has 1 aliphatic rings. The fourth-order valence-electron chi connectivity index (χ4n) is 3.02. The fraction of sp³-hybridized carbons (Fsp3) is 0.316. The number of anilines is 1. The van der Waals surface area contributed by atoms with E-state index in [1.165, 1.54) is 4.31 Å². The quantitative estimate of drug-likeness (QED) is 0.914. The van der Waals surface area contributed by atoms with Crippen LogP contribution >= 0.6 is 0 Å². The number of sulfonamides is 1. The van der Waals surface area contributed by atoms with Gasteiger partial charge in [0.15, 0.2) is 0 Å². The van der Waals surface area contributed by atoms with E-state index in [4.69, 9.17) is 0 Å². The zero-order valence-corrected chi connectivity index (χ0v) is 15.1. The van der Waals surface area contributed by atoms with E-state index >= 15 is 0 Å². The Bertz CT molecular complexity index is 863. The molecule has 2 aromatic carbocycles. The second kappa shape index (κ2) is 7.27. The molecule has 1 heterocycles. The third-order valence-electron chi connectivity index (χ3n) is 4.37. The highest BCUT2D eigenvalue weighted by atomic mass is 32.2. The standard InChI is InChI=1S/C19H22N2O3S/c1-15-13-17(19(22)20-14-16-7-3-2-4-8-16)9-10-18(15)21-11-5-6-12-25(21,23)24/h2-4,7-10,13H,5-6,11-12,14H2,1H3,(H,20,22). The number of carbonyl (C=O) groups excluding carboxylic acids is 1. The van der Waals surface area contributed by atoms with E-state index in [-0.39, 0.29) is 11.7 Å². The van der Waals surface area contributed by atoms with Gasteiger partial charge in [-0.15, -0.1) is 0 Å². The average molecular weight is 358 g/mol. The summed E-state index contributed by atoms with van der Waals surface area (Å²) in [5.41, 5.74) is 3.02. The van der Waals surface area contributed by atoms with Crippen molar-refractivity contribution >= 4 is 21.6 Å². The van der Waals surface area contributed by atoms with Gasteiger partial charge < -0.3 is 5.32 Å². The van der Waals surface area contributed by atoms with Crippen molar-refractivity contribution in [1.29, 1.82) is 0 Å². The first kappa shape index (κ1) is 17.5. The van der Waals surface area contributed by atoms with Crippen molar-refractivity contribution in [3.63, 3.8) is 0 Å². The number of hydrogen-bond donors (Lipinski definition) is 1. The van der Waals surface area contributed by atoms with Crippen LogP contribution in [0.15, 0.2) is 48.5 Å². The van der Waals surface area contributed by atoms with E-state index in [2.05, 4.69) is 5.32 Å². The Labute approximate surface area is 148 Å². The van der Waals surface area contributed by atoms with Crippen LogP contribution in [0.2, 0.25) is 0 Å². The van der Waals surface area contributed by atoms with Crippen LogP contribution in [0.25, 0.3) is 0 Å². The minimum atomic E-state index is -3.25. The predicted octanol–water partition coefficient (Wildman–Crippen LogP) is 2.86. The second-order valence-corrected chi connectivity index (χ2v) is 8.28. The first-order valence-corrected chi connectivity index (χ1v) is 10.0. The highest BCUT2D eigenvalue weighted by molar-refractivity contribution is 7.92. The molecule has 2 aromatic rings. The Kier molecular flexibility index (Phi) is 5.08. The van der Waals surface area contributed by atoms with Crippen LogP contribution in [-0.2, 0) is 16.6 Å². The van der Waals surface area contributed by atoms with Crippen LogP contribution in [0.5, 0.6) is 0 Å². The molecule has 0 saturated carbocycles. The monoisotopic (exact) mass is 358 g/mol. The van der Waals surface area contributed by atoms with Gasteiger partial charge in [0.2, 0.25) is 10.0 Å². The summed E-state index contributed by atoms with van der Waals surface area (Å²) in [5, 5.41) is 2.89. The molecule has 0 bridgehead atoms. The molecule has 6 heteroatoms. The van der Waals surface area contributed by atoms with Gasteiger partial charge in [-0.1, -0.05) is 30.3 Å². The van der Waals surface area contributed by atoms with Crippen LogP contribution in [0.1, 0.15) is 34.3 Å². The van der Waals surface area contributed by atoms with Crippen molar-refractivity contribution in [1.82, 2.24) is 5.32 Å². The summed E-state index contributed by atoms with van der Waals surface area (Å²) in [4.78, 5) is 12.3. The van der Waals surface area contributed by atoms with E-state index in [1.807, 2.05) is 37.3 Å². The maximum absolute atomic E-state index is 12.3. The van der Waals surface area contributed by atoms with E-state index < -0.39 is 10.0 Å². The number of hydrogen-bond acceptors (Lipinski definition) is 3. The average Bonchev–Trinajstić information content (AvgIpc) is 2.60. The van der Waals surface area contributed by atoms with Crippen LogP contribution < -0.4 is 9.62 Å². The fourth-order valence-corrected chi connectivity index (χ4v) is 4.72. The molecule has 0 spiro atoms. The molecule has 0 radical (unpaired) electrons. The van der Waals surface area contributed by atoms with Gasteiger partial charge in [-0.05, 0) is 49.1 Å². The molecule has 0 atom stereocenters. The summed E-state index contributed by atoms with van der Waals surface area (Å²) in [7, 11) is -3.25. The molecule has 0 aromatic heterocycles. The maximum Gasteiger partial charge on any atom is 0.251 e. The number of rotatable bonds is 4. The van der Waals surface area contributed by atoms with Crippen molar-refractivity contribution in [2.45, 2.75) is 26.3 Å². The third-order valence-corrected chi connectivity index (χ3v) is 6.23. The Morgan fingerprint density at radius 1 is 1.12 bits per heavy atom. The van der Waals surface area contributed by atoms with Crippen molar-refractivity contribution in [2.24, 2.45) is 0 Å². The lowest BCUT2D eigenvalue weighted by atomic mass is 10.1. The molecule has 132 valence electrons. The van der Waals surface area contributed by atoms with Crippen molar-refractivity contribution in [3.8, 4) is 0 Å². The third kappa shape index (κ3) is 4.02. The summed E-state index contributed by atoms with van der Waals surface area (Å²) >= 11 is 0. The zero-order valence-electron chi connectivity index (χ0n) is 14.2. The maximum atomic E-state index is 12.3. The van der Waals surface area contributed by atoms with Crippen LogP contribution in [0.3, 0.4) is 0 Å². The summed E-state index contributed by atoms with van der Waals surface area (Å²) < 4.78 is 26.0. The molecular formula is C19H22N2O3S. The smallest absolute Gasteiger partial charge is 0.251 e. The molecule has 0 unspecified atom stereocenters. The van der Waals surface area contributed by atoms with E-state index in [0.717, 1.165) is 17.5 Å². The van der Waals surface area contributed by atoms with Crippen LogP contribution in [-0.4, -0.2) is 26.6 Å². The number of aryl methyl sites for hydroxylation is 1. The number of nitrogens with one attached hydrogen (secondary N) is 1. The molecule has 1 saturated heterocycles. The minimum Gasteiger partial charge on any atom is -0.348 e. The number of benzene rings is 2. The van der Waals surface area contributed by atoms with E-state index in [1.54, 1.807) is 18.2 Å². The molecule has 25 heavy (non-hydrogen) atoms. The molecule has 1 aliphatic heterocycles. The normalized spacial score (nSPS) is 16.4. The Balaban J connectivity index is 1.74. The van der Waals surface area contributed by atoms with E-state index in [0.29, 0.717) is 30.8 Å². The van der Waals surface area contributed by atoms with Crippen molar-refractivity contribution < 1.29 is 13.2 Å². The Hall–Kier alpha value is -2.34. The highest BCUT2D eigenvalue weighted by Crippen LogP contribution is 2.27. The van der Waals surface area contributed by atoms with Gasteiger partial charge in [-0.3, -0.25) is 9.10 Å². The second-order valence-electron chi connectivity index (χ2n) is 6.26. The Morgan fingerprint density at radius 3 is 2.56 bits per heavy atom. The molecule has 1 N–H and O–H groups in total. The zero-order chi connectivity index (χ0) is 17.9. The topological polar surface area (TPSA) is 66.5 Å². The SMILES string of the molecule is Cc1cc(C(=O)NCc2ccccc2)ccc1N1CCCCS1(=O)=O. The number of nitrogens with zero attached hydrogens (tertiary/aromatic N) is 1. The van der Waals surface area contributed by atoms with E-state index in [9.17, 15) is 13.2 Å². The molecule has 0 aliphatic carbocycles. The molecule has 1 amide bonds. The van der Waals surface area contributed by atoms with Gasteiger partial charge >= 0.3 is 0 Å². The van der Waals surface area contributed by atoms with Crippen LogP contribution in [0.4, 0.5) is 5.69 Å². The van der Waals surface area contributed by atoms with Gasteiger partial charge in [-0.2, -0.15) is 0 Å². The largest absolute Gasteiger partial charge is 0.348 e. The first-order chi connectivity index (χ1) is 12.0. The van der Waals surface area contributed by atoms with Gasteiger partial charge in [0.05, 0.1) is 11.4 Å². The van der Waals surface area contributed by atoms with Crippen LogP contribution in [0, 0.1) is 6.92 Å². The molecule has 1 fully saturated rings. The van der Waals surface area contributed by atoms with Gasteiger partial charge in [-0.25, -0.2) is 8.42 Å². The van der Waals surface area contributed by atoms with Gasteiger partial charge in [0.25, 0.3) is 5.91 Å². The lowest BCUT2D eigenvalue weighted by Crippen LogP contribution is -2.38.